The molecule has 0 spiro atoms. The molecule has 5 heterocycles. The summed E-state index contributed by atoms with van der Waals surface area (Å²) in [6.45, 7) is 8.17. The third kappa shape index (κ3) is 3.70. The molecule has 1 aromatic carbocycles. The summed E-state index contributed by atoms with van der Waals surface area (Å²) in [5, 5.41) is 0.931. The predicted octanol–water partition coefficient (Wildman–Crippen LogP) is 4.79. The number of esters is 2. The molecule has 0 saturated carbocycles. The van der Waals surface area contributed by atoms with Gasteiger partial charge in [-0.15, -0.1) is 11.6 Å². The van der Waals surface area contributed by atoms with Gasteiger partial charge in [-0.2, -0.15) is 0 Å². The summed E-state index contributed by atoms with van der Waals surface area (Å²) in [7, 11) is 0. The minimum atomic E-state index is -1.68. The van der Waals surface area contributed by atoms with Crippen LogP contribution < -0.4 is 10.5 Å². The second-order valence-electron chi connectivity index (χ2n) is 10.6. The van der Waals surface area contributed by atoms with E-state index in [1.807, 2.05) is 18.2 Å². The Morgan fingerprint density at radius 1 is 1.26 bits per heavy atom. The smallest absolute Gasteiger partial charge is 0.355 e. The summed E-state index contributed by atoms with van der Waals surface area (Å²) in [5.74, 6) is 0.165. The van der Waals surface area contributed by atoms with E-state index in [1.54, 1.807) is 17.6 Å². The number of rotatable bonds is 6. The topological polar surface area (TPSA) is 103 Å². The zero-order valence-electron chi connectivity index (χ0n) is 22.3. The Labute approximate surface area is 230 Å². The number of alkyl halides is 1. The molecule has 1 atom stereocenters. The van der Waals surface area contributed by atoms with Gasteiger partial charge in [0.2, 0.25) is 5.60 Å². The number of anilines is 1. The Balaban J connectivity index is 1.62. The molecule has 0 N–H and O–H groups in total. The molecule has 3 aliphatic rings. The number of halogens is 1. The number of amidine groups is 1. The second-order valence-corrected chi connectivity index (χ2v) is 10.9. The minimum Gasteiger partial charge on any atom is -0.457 e. The van der Waals surface area contributed by atoms with Crippen molar-refractivity contribution in [3.8, 4) is 11.4 Å². The normalized spacial score (nSPS) is 19.0. The Kier molecular flexibility index (Phi) is 6.02. The van der Waals surface area contributed by atoms with E-state index in [4.69, 9.17) is 31.1 Å². The number of hydrogen-bond acceptors (Lipinski definition) is 8. The van der Waals surface area contributed by atoms with Crippen LogP contribution in [0, 0.1) is 5.92 Å². The summed E-state index contributed by atoms with van der Waals surface area (Å²) >= 11 is 6.42. The van der Waals surface area contributed by atoms with Crippen molar-refractivity contribution in [3.05, 3.63) is 51.3 Å². The van der Waals surface area contributed by atoms with Crippen LogP contribution in [0.25, 0.3) is 22.3 Å². The number of aromatic nitrogens is 2. The molecule has 0 amide bonds. The van der Waals surface area contributed by atoms with Crippen molar-refractivity contribution in [2.45, 2.75) is 59.3 Å². The third-order valence-electron chi connectivity index (χ3n) is 7.83. The lowest BCUT2D eigenvalue weighted by Gasteiger charge is -2.35. The van der Waals surface area contributed by atoms with Crippen LogP contribution in [0.4, 0.5) is 11.4 Å². The lowest BCUT2D eigenvalue weighted by Crippen LogP contribution is -2.47. The van der Waals surface area contributed by atoms with E-state index in [0.717, 1.165) is 46.6 Å². The molecule has 0 saturated heterocycles. The van der Waals surface area contributed by atoms with Crippen LogP contribution in [-0.2, 0) is 37.8 Å². The van der Waals surface area contributed by atoms with Crippen molar-refractivity contribution in [3.63, 3.8) is 0 Å². The minimum absolute atomic E-state index is 0.131. The largest absolute Gasteiger partial charge is 0.457 e. The van der Waals surface area contributed by atoms with Crippen LogP contribution in [0.1, 0.15) is 57.2 Å². The molecule has 3 aliphatic heterocycles. The molecule has 202 valence electrons. The Morgan fingerprint density at radius 3 is 2.74 bits per heavy atom. The number of hydrogen-bond donors (Lipinski definition) is 0. The maximum Gasteiger partial charge on any atom is 0.355 e. The van der Waals surface area contributed by atoms with Gasteiger partial charge in [0.15, 0.2) is 0 Å². The highest BCUT2D eigenvalue weighted by Gasteiger charge is 2.50. The molecule has 0 radical (unpaired) electrons. The first-order valence-electron chi connectivity index (χ1n) is 13.2. The number of aliphatic imine (C=N–C) groups is 1. The number of benzene rings is 1. The number of fused-ring (bicyclic) bond motifs is 5. The van der Waals surface area contributed by atoms with E-state index < -0.39 is 17.5 Å². The van der Waals surface area contributed by atoms with E-state index >= 15 is 0 Å². The van der Waals surface area contributed by atoms with Crippen molar-refractivity contribution >= 4 is 51.7 Å². The van der Waals surface area contributed by atoms with E-state index in [9.17, 15) is 14.4 Å². The molecule has 0 unspecified atom stereocenters. The van der Waals surface area contributed by atoms with Gasteiger partial charge < -0.3 is 18.9 Å². The summed E-state index contributed by atoms with van der Waals surface area (Å²) in [6.07, 6.45) is 1.06. The van der Waals surface area contributed by atoms with Crippen LogP contribution in [0.15, 0.2) is 34.1 Å². The SMILES string of the molecule is CC[C@@]1(OC(C)=O)C(=O)OCc2c1cc1n(c2=O)Cc2c-1nc1cccc3c1c2N(CCC(C)C)C(CCl)=N3. The van der Waals surface area contributed by atoms with Gasteiger partial charge >= 0.3 is 11.9 Å². The first-order valence-corrected chi connectivity index (χ1v) is 13.7. The molecule has 2 aromatic heterocycles. The van der Waals surface area contributed by atoms with Gasteiger partial charge in [-0.1, -0.05) is 26.8 Å². The highest BCUT2D eigenvalue weighted by Crippen LogP contribution is 2.47. The van der Waals surface area contributed by atoms with Crippen LogP contribution in [0.3, 0.4) is 0 Å². The Bertz CT molecular complexity index is 1660. The van der Waals surface area contributed by atoms with E-state index in [2.05, 4.69) is 18.7 Å². The van der Waals surface area contributed by atoms with Gasteiger partial charge in [-0.25, -0.2) is 14.8 Å². The first kappa shape index (κ1) is 25.6. The van der Waals surface area contributed by atoms with Crippen molar-refractivity contribution in [1.29, 1.82) is 0 Å². The van der Waals surface area contributed by atoms with E-state index in [1.165, 1.54) is 6.92 Å². The van der Waals surface area contributed by atoms with Crippen LogP contribution in [0.5, 0.6) is 0 Å². The molecular weight excluding hydrogens is 520 g/mol. The van der Waals surface area contributed by atoms with Gasteiger partial charge in [0.1, 0.15) is 12.4 Å². The molecule has 9 nitrogen and oxygen atoms in total. The van der Waals surface area contributed by atoms with Crippen molar-refractivity contribution in [1.82, 2.24) is 9.55 Å². The second kappa shape index (κ2) is 9.19. The number of ether oxygens (including phenoxy) is 2. The Hall–Kier alpha value is -3.72. The van der Waals surface area contributed by atoms with Gasteiger partial charge in [0.05, 0.1) is 51.7 Å². The van der Waals surface area contributed by atoms with Crippen LogP contribution >= 0.6 is 11.6 Å². The number of carbonyl (C=O) groups excluding carboxylic acids is 2. The predicted molar refractivity (Wildman–Crippen MR) is 149 cm³/mol. The molecule has 0 bridgehead atoms. The lowest BCUT2D eigenvalue weighted by molar-refractivity contribution is -0.188. The fraction of sp³-hybridized carbons (Fsp3) is 0.414. The molecule has 0 fully saturated rings. The highest BCUT2D eigenvalue weighted by molar-refractivity contribution is 6.32. The quantitative estimate of drug-likeness (QED) is 0.252. The van der Waals surface area contributed by atoms with Gasteiger partial charge in [-0.3, -0.25) is 9.59 Å². The highest BCUT2D eigenvalue weighted by atomic mass is 35.5. The van der Waals surface area contributed by atoms with Gasteiger partial charge in [0.25, 0.3) is 5.56 Å². The van der Waals surface area contributed by atoms with Gasteiger partial charge in [-0.05, 0) is 37.0 Å². The van der Waals surface area contributed by atoms with E-state index in [0.29, 0.717) is 35.0 Å². The molecule has 6 rings (SSSR count). The number of cyclic esters (lactones) is 1. The fourth-order valence-electron chi connectivity index (χ4n) is 5.94. The number of carbonyl (C=O) groups is 2. The molecular formula is C29H29ClN4O5. The zero-order valence-corrected chi connectivity index (χ0v) is 23.1. The maximum absolute atomic E-state index is 13.9. The third-order valence-corrected chi connectivity index (χ3v) is 8.07. The molecule has 10 heteroatoms. The Morgan fingerprint density at radius 2 is 2.05 bits per heavy atom. The average Bonchev–Trinajstić information content (AvgIpc) is 3.28. The van der Waals surface area contributed by atoms with Crippen molar-refractivity contribution in [2.75, 3.05) is 17.3 Å². The summed E-state index contributed by atoms with van der Waals surface area (Å²) in [5.41, 5.74) is 3.37. The monoisotopic (exact) mass is 548 g/mol. The molecule has 0 aliphatic carbocycles. The standard InChI is InChI=1S/C29H29ClN4O5/c1-5-29(39-16(4)35)19-11-22-25-17(13-34(22)27(36)18(19)14-38-28(29)37)26-24-20(7-6-8-21(24)32-25)31-23(12-30)33(26)10-9-15(2)3/h6-8,11,15H,5,9-10,12-14H2,1-4H3/t29-/m0/s1. The number of nitrogens with zero attached hydrogens (tertiary/aromatic N) is 4. The number of pyridine rings is 2. The lowest BCUT2D eigenvalue weighted by atomic mass is 9.85. The first-order chi connectivity index (χ1) is 18.7. The molecule has 39 heavy (non-hydrogen) atoms. The summed E-state index contributed by atoms with van der Waals surface area (Å²) < 4.78 is 12.6. The van der Waals surface area contributed by atoms with E-state index in [-0.39, 0.29) is 24.5 Å². The zero-order chi connectivity index (χ0) is 27.6. The van der Waals surface area contributed by atoms with Crippen molar-refractivity contribution in [2.24, 2.45) is 10.9 Å². The molecule has 3 aromatic rings. The summed E-state index contributed by atoms with van der Waals surface area (Å²) in [6, 6.07) is 7.59. The van der Waals surface area contributed by atoms with Gasteiger partial charge in [0, 0.05) is 24.6 Å². The van der Waals surface area contributed by atoms with Crippen molar-refractivity contribution < 1.29 is 19.1 Å². The van der Waals surface area contributed by atoms with Crippen LogP contribution in [0.2, 0.25) is 0 Å². The maximum atomic E-state index is 13.9. The average molecular weight is 549 g/mol. The summed E-state index contributed by atoms with van der Waals surface area (Å²) in [4.78, 5) is 51.0. The fourth-order valence-corrected chi connectivity index (χ4v) is 6.14. The van der Waals surface area contributed by atoms with Crippen LogP contribution in [-0.4, -0.2) is 39.8 Å².